The Balaban J connectivity index is 2.16. The molecule has 1 unspecified atom stereocenters. The average Bonchev–Trinajstić information content (AvgIpc) is 2.70. The topological polar surface area (TPSA) is 68.2 Å². The summed E-state index contributed by atoms with van der Waals surface area (Å²) in [6.45, 7) is 2.86. The zero-order valence-corrected chi connectivity index (χ0v) is 9.12. The van der Waals surface area contributed by atoms with Crippen LogP contribution in [-0.2, 0) is 4.79 Å². The van der Waals surface area contributed by atoms with Gasteiger partial charge in [-0.3, -0.25) is 9.69 Å². The van der Waals surface area contributed by atoms with E-state index in [0.29, 0.717) is 25.6 Å². The van der Waals surface area contributed by atoms with Crippen LogP contribution in [-0.4, -0.2) is 50.1 Å². The zero-order chi connectivity index (χ0) is 11.1. The fourth-order valence-corrected chi connectivity index (χ4v) is 1.68. The Kier molecular flexibility index (Phi) is 5.08. The Morgan fingerprint density at radius 3 is 3.13 bits per heavy atom. The Morgan fingerprint density at radius 1 is 1.73 bits per heavy atom. The molecule has 0 saturated carbocycles. The van der Waals surface area contributed by atoms with Gasteiger partial charge in [0.1, 0.15) is 0 Å². The summed E-state index contributed by atoms with van der Waals surface area (Å²) in [7, 11) is 1.96. The molecule has 1 heterocycles. The lowest BCUT2D eigenvalue weighted by atomic mass is 10.2. The third-order valence-corrected chi connectivity index (χ3v) is 2.61. The molecule has 1 amide bonds. The van der Waals surface area contributed by atoms with Crippen molar-refractivity contribution in [3.8, 4) is 6.07 Å². The van der Waals surface area contributed by atoms with Gasteiger partial charge in [-0.15, -0.1) is 0 Å². The summed E-state index contributed by atoms with van der Waals surface area (Å²) in [5.74, 6) is -0.000324. The van der Waals surface area contributed by atoms with Crippen molar-refractivity contribution in [2.75, 3.05) is 33.2 Å². The van der Waals surface area contributed by atoms with Gasteiger partial charge in [-0.1, -0.05) is 0 Å². The molecule has 2 N–H and O–H groups in total. The highest BCUT2D eigenvalue weighted by Crippen LogP contribution is 2.04. The minimum atomic E-state index is -0.000324. The van der Waals surface area contributed by atoms with Crippen molar-refractivity contribution in [2.24, 2.45) is 0 Å². The Labute approximate surface area is 90.4 Å². The van der Waals surface area contributed by atoms with Crippen LogP contribution in [0.15, 0.2) is 0 Å². The molecule has 0 aromatic rings. The van der Waals surface area contributed by atoms with Crippen molar-refractivity contribution in [3.05, 3.63) is 0 Å². The fourth-order valence-electron chi connectivity index (χ4n) is 1.68. The monoisotopic (exact) mass is 210 g/mol. The van der Waals surface area contributed by atoms with Crippen LogP contribution in [0.1, 0.15) is 12.8 Å². The van der Waals surface area contributed by atoms with E-state index >= 15 is 0 Å². The number of rotatable bonds is 5. The molecule has 0 radical (unpaired) electrons. The molecule has 0 spiro atoms. The maximum Gasteiger partial charge on any atom is 0.234 e. The number of nitriles is 1. The third kappa shape index (κ3) is 4.28. The van der Waals surface area contributed by atoms with Crippen LogP contribution >= 0.6 is 0 Å². The van der Waals surface area contributed by atoms with Crippen LogP contribution in [0.5, 0.6) is 0 Å². The van der Waals surface area contributed by atoms with E-state index in [1.807, 2.05) is 13.1 Å². The van der Waals surface area contributed by atoms with Crippen molar-refractivity contribution in [3.63, 3.8) is 0 Å². The van der Waals surface area contributed by atoms with Crippen LogP contribution < -0.4 is 10.6 Å². The zero-order valence-electron chi connectivity index (χ0n) is 9.12. The number of nitrogens with one attached hydrogen (secondary N) is 2. The second-order valence-electron chi connectivity index (χ2n) is 3.82. The molecule has 1 saturated heterocycles. The molecular weight excluding hydrogens is 192 g/mol. The van der Waals surface area contributed by atoms with Crippen LogP contribution in [0, 0.1) is 11.3 Å². The summed E-state index contributed by atoms with van der Waals surface area (Å²) in [5, 5.41) is 14.3. The first-order valence-corrected chi connectivity index (χ1v) is 5.28. The number of likely N-dealkylation sites (N-methyl/N-ethyl adjacent to an activating group) is 1. The highest BCUT2D eigenvalue weighted by Gasteiger charge is 2.20. The maximum atomic E-state index is 11.4. The van der Waals surface area contributed by atoms with Gasteiger partial charge in [0.05, 0.1) is 19.0 Å². The minimum Gasteiger partial charge on any atom is -0.354 e. The normalized spacial score (nSPS) is 20.2. The first-order valence-electron chi connectivity index (χ1n) is 5.28. The van der Waals surface area contributed by atoms with E-state index in [9.17, 15) is 4.79 Å². The van der Waals surface area contributed by atoms with Crippen LogP contribution in [0.3, 0.4) is 0 Å². The summed E-state index contributed by atoms with van der Waals surface area (Å²) < 4.78 is 0. The third-order valence-electron chi connectivity index (χ3n) is 2.61. The molecule has 84 valence electrons. The SMILES string of the molecule is CN(CC(=O)NCCC#N)C1CCNC1. The van der Waals surface area contributed by atoms with Crippen molar-refractivity contribution < 1.29 is 4.79 Å². The lowest BCUT2D eigenvalue weighted by molar-refractivity contribution is -0.122. The van der Waals surface area contributed by atoms with E-state index in [4.69, 9.17) is 5.26 Å². The van der Waals surface area contributed by atoms with Gasteiger partial charge in [0.2, 0.25) is 5.91 Å². The van der Waals surface area contributed by atoms with Gasteiger partial charge in [-0.25, -0.2) is 0 Å². The first-order chi connectivity index (χ1) is 7.24. The van der Waals surface area contributed by atoms with E-state index in [2.05, 4.69) is 15.5 Å². The molecule has 15 heavy (non-hydrogen) atoms. The van der Waals surface area contributed by atoms with Gasteiger partial charge in [-0.05, 0) is 20.0 Å². The van der Waals surface area contributed by atoms with Gasteiger partial charge in [0, 0.05) is 19.1 Å². The number of amides is 1. The maximum absolute atomic E-state index is 11.4. The molecule has 0 bridgehead atoms. The number of carbonyl (C=O) groups excluding carboxylic acids is 1. The van der Waals surface area contributed by atoms with Crippen molar-refractivity contribution >= 4 is 5.91 Å². The van der Waals surface area contributed by atoms with Gasteiger partial charge >= 0.3 is 0 Å². The number of carbonyl (C=O) groups is 1. The lowest BCUT2D eigenvalue weighted by Crippen LogP contribution is -2.41. The second kappa shape index (κ2) is 6.38. The highest BCUT2D eigenvalue weighted by molar-refractivity contribution is 5.78. The largest absolute Gasteiger partial charge is 0.354 e. The summed E-state index contributed by atoms with van der Waals surface area (Å²) in [6, 6.07) is 2.46. The van der Waals surface area contributed by atoms with E-state index in [1.165, 1.54) is 0 Å². The molecule has 1 aliphatic rings. The van der Waals surface area contributed by atoms with Gasteiger partial charge < -0.3 is 10.6 Å². The first kappa shape index (κ1) is 12.0. The highest BCUT2D eigenvalue weighted by atomic mass is 16.2. The van der Waals surface area contributed by atoms with Crippen LogP contribution in [0.25, 0.3) is 0 Å². The smallest absolute Gasteiger partial charge is 0.234 e. The molecule has 0 aliphatic carbocycles. The molecule has 1 aliphatic heterocycles. The lowest BCUT2D eigenvalue weighted by Gasteiger charge is -2.22. The van der Waals surface area contributed by atoms with E-state index < -0.39 is 0 Å². The summed E-state index contributed by atoms with van der Waals surface area (Å²) >= 11 is 0. The van der Waals surface area contributed by atoms with Crippen molar-refractivity contribution in [1.82, 2.24) is 15.5 Å². The predicted octanol–water partition coefficient (Wildman–Crippen LogP) is -0.690. The Bertz CT molecular complexity index is 242. The number of hydrogen-bond donors (Lipinski definition) is 2. The quantitative estimate of drug-likeness (QED) is 0.589. The summed E-state index contributed by atoms with van der Waals surface area (Å²) in [5.41, 5.74) is 0. The Hall–Kier alpha value is -1.12. The molecule has 1 fully saturated rings. The Morgan fingerprint density at radius 2 is 2.53 bits per heavy atom. The van der Waals surface area contributed by atoms with E-state index in [-0.39, 0.29) is 5.91 Å². The van der Waals surface area contributed by atoms with Gasteiger partial charge in [0.15, 0.2) is 0 Å². The molecule has 0 aromatic heterocycles. The van der Waals surface area contributed by atoms with Crippen LogP contribution in [0.2, 0.25) is 0 Å². The van der Waals surface area contributed by atoms with E-state index in [1.54, 1.807) is 0 Å². The molecule has 1 atom stereocenters. The summed E-state index contributed by atoms with van der Waals surface area (Å²) in [4.78, 5) is 13.5. The second-order valence-corrected chi connectivity index (χ2v) is 3.82. The molecule has 5 heteroatoms. The number of hydrogen-bond acceptors (Lipinski definition) is 4. The van der Waals surface area contributed by atoms with Crippen molar-refractivity contribution in [2.45, 2.75) is 18.9 Å². The fraction of sp³-hybridized carbons (Fsp3) is 0.800. The standard InChI is InChI=1S/C10H18N4O/c1-14(9-3-6-12-7-9)8-10(15)13-5-2-4-11/h9,12H,2-3,5-8H2,1H3,(H,13,15). The van der Waals surface area contributed by atoms with Gasteiger partial charge in [0.25, 0.3) is 0 Å². The van der Waals surface area contributed by atoms with Crippen molar-refractivity contribution in [1.29, 1.82) is 5.26 Å². The molecule has 0 aromatic carbocycles. The minimum absolute atomic E-state index is 0.000324. The predicted molar refractivity (Wildman–Crippen MR) is 57.1 cm³/mol. The molecule has 1 rings (SSSR count). The van der Waals surface area contributed by atoms with Crippen LogP contribution in [0.4, 0.5) is 0 Å². The van der Waals surface area contributed by atoms with E-state index in [0.717, 1.165) is 19.5 Å². The average molecular weight is 210 g/mol. The molecule has 5 nitrogen and oxygen atoms in total. The summed E-state index contributed by atoms with van der Waals surface area (Å²) in [6.07, 6.45) is 1.47. The number of nitrogens with zero attached hydrogens (tertiary/aromatic N) is 2. The molecular formula is C10H18N4O. The van der Waals surface area contributed by atoms with Gasteiger partial charge in [-0.2, -0.15) is 5.26 Å².